The molecule has 6 nitrogen and oxygen atoms in total. The third-order valence-corrected chi connectivity index (χ3v) is 1.91. The molecule has 0 aromatic carbocycles. The first-order valence-corrected chi connectivity index (χ1v) is 4.51. The topological polar surface area (TPSA) is 93.3 Å². The highest BCUT2D eigenvalue weighted by atomic mass is 79.9. The predicted octanol–water partition coefficient (Wildman–Crippen LogP) is 1.85. The van der Waals surface area contributed by atoms with Crippen LogP contribution in [0.1, 0.15) is 5.56 Å². The van der Waals surface area contributed by atoms with Crippen molar-refractivity contribution in [1.82, 2.24) is 4.98 Å². The van der Waals surface area contributed by atoms with Crippen molar-refractivity contribution in [3.05, 3.63) is 38.6 Å². The molecular weight excluding hydrogens is 268 g/mol. The van der Waals surface area contributed by atoms with Gasteiger partial charge in [-0.1, -0.05) is 0 Å². The molecule has 0 aliphatic rings. The molecule has 15 heavy (non-hydrogen) atoms. The number of halogens is 1. The molecule has 1 N–H and O–H groups in total. The number of rotatable bonds is 3. The van der Waals surface area contributed by atoms with Gasteiger partial charge in [-0.15, -0.1) is 0 Å². The Labute approximate surface area is 92.5 Å². The summed E-state index contributed by atoms with van der Waals surface area (Å²) in [5.74, 6) is -1.17. The average Bonchev–Trinajstić information content (AvgIpc) is 2.15. The molecule has 7 heteroatoms. The van der Waals surface area contributed by atoms with Crippen LogP contribution in [-0.4, -0.2) is 21.0 Å². The maximum Gasteiger partial charge on any atom is 0.328 e. The van der Waals surface area contributed by atoms with Gasteiger partial charge < -0.3 is 5.11 Å². The predicted molar refractivity (Wildman–Crippen MR) is 55.3 cm³/mol. The van der Waals surface area contributed by atoms with Crippen molar-refractivity contribution in [3.8, 4) is 0 Å². The Balaban J connectivity index is 3.17. The number of carboxylic acids is 1. The molecule has 0 aliphatic carbocycles. The SMILES string of the molecule is O=C(O)/C=C/c1cnc(Br)cc1[N+](=O)[O-]. The van der Waals surface area contributed by atoms with Crippen molar-refractivity contribution in [2.24, 2.45) is 0 Å². The minimum Gasteiger partial charge on any atom is -0.478 e. The molecule has 1 rings (SSSR count). The second-order valence-corrected chi connectivity index (χ2v) is 3.31. The number of nitrogens with zero attached hydrogens (tertiary/aromatic N) is 2. The zero-order valence-electron chi connectivity index (χ0n) is 7.25. The van der Waals surface area contributed by atoms with E-state index < -0.39 is 10.9 Å². The van der Waals surface area contributed by atoms with Crippen LogP contribution < -0.4 is 0 Å². The average molecular weight is 273 g/mol. The fourth-order valence-corrected chi connectivity index (χ4v) is 1.20. The Morgan fingerprint density at radius 2 is 2.33 bits per heavy atom. The van der Waals surface area contributed by atoms with Crippen molar-refractivity contribution in [2.45, 2.75) is 0 Å². The summed E-state index contributed by atoms with van der Waals surface area (Å²) in [6, 6.07) is 1.21. The molecule has 0 saturated carbocycles. The Kier molecular flexibility index (Phi) is 3.51. The van der Waals surface area contributed by atoms with E-state index in [4.69, 9.17) is 5.11 Å². The first kappa shape index (κ1) is 11.3. The number of nitro groups is 1. The number of carbonyl (C=O) groups is 1. The van der Waals surface area contributed by atoms with E-state index in [9.17, 15) is 14.9 Å². The van der Waals surface area contributed by atoms with Crippen LogP contribution >= 0.6 is 15.9 Å². The van der Waals surface area contributed by atoms with Crippen molar-refractivity contribution >= 4 is 33.7 Å². The molecule has 0 spiro atoms. The smallest absolute Gasteiger partial charge is 0.328 e. The van der Waals surface area contributed by atoms with Gasteiger partial charge in [-0.2, -0.15) is 0 Å². The summed E-state index contributed by atoms with van der Waals surface area (Å²) >= 11 is 2.99. The standard InChI is InChI=1S/C8H5BrN2O4/c9-7-3-6(11(14)15)5(4-10-7)1-2-8(12)13/h1-4H,(H,12,13)/b2-1+. The zero-order chi connectivity index (χ0) is 11.4. The molecule has 1 heterocycles. The number of hydrogen-bond donors (Lipinski definition) is 1. The lowest BCUT2D eigenvalue weighted by Crippen LogP contribution is -1.94. The van der Waals surface area contributed by atoms with Gasteiger partial charge >= 0.3 is 5.97 Å². The summed E-state index contributed by atoms with van der Waals surface area (Å²) in [6.07, 6.45) is 3.17. The maximum absolute atomic E-state index is 10.6. The molecule has 0 radical (unpaired) electrons. The Morgan fingerprint density at radius 3 is 2.87 bits per heavy atom. The fourth-order valence-electron chi connectivity index (χ4n) is 0.878. The summed E-state index contributed by atoms with van der Waals surface area (Å²) in [6.45, 7) is 0. The van der Waals surface area contributed by atoms with Crippen LogP contribution in [0, 0.1) is 10.1 Å². The number of carboxylic acid groups (broad SMARTS) is 1. The molecule has 78 valence electrons. The van der Waals surface area contributed by atoms with Gasteiger partial charge in [0.15, 0.2) is 0 Å². The van der Waals surface area contributed by atoms with Gasteiger partial charge in [0, 0.05) is 18.3 Å². The van der Waals surface area contributed by atoms with Crippen LogP contribution in [0.3, 0.4) is 0 Å². The molecular formula is C8H5BrN2O4. The van der Waals surface area contributed by atoms with E-state index in [-0.39, 0.29) is 11.3 Å². The third kappa shape index (κ3) is 3.13. The summed E-state index contributed by atoms with van der Waals surface area (Å²) in [7, 11) is 0. The van der Waals surface area contributed by atoms with Gasteiger partial charge in [-0.05, 0) is 22.0 Å². The van der Waals surface area contributed by atoms with Crippen molar-refractivity contribution < 1.29 is 14.8 Å². The monoisotopic (exact) mass is 272 g/mol. The molecule has 0 amide bonds. The molecule has 1 aromatic rings. The Morgan fingerprint density at radius 1 is 1.67 bits per heavy atom. The minimum absolute atomic E-state index is 0.144. The first-order valence-electron chi connectivity index (χ1n) is 3.71. The van der Waals surface area contributed by atoms with Crippen molar-refractivity contribution in [2.75, 3.05) is 0 Å². The van der Waals surface area contributed by atoms with E-state index in [2.05, 4.69) is 20.9 Å². The second kappa shape index (κ2) is 4.65. The molecule has 0 atom stereocenters. The largest absolute Gasteiger partial charge is 0.478 e. The number of aromatic nitrogens is 1. The van der Waals surface area contributed by atoms with Gasteiger partial charge in [0.05, 0.1) is 10.5 Å². The summed E-state index contributed by atoms with van der Waals surface area (Å²) in [5, 5.41) is 19.0. The van der Waals surface area contributed by atoms with Crippen LogP contribution in [0.25, 0.3) is 6.08 Å². The third-order valence-electron chi connectivity index (χ3n) is 1.48. The molecule has 1 aromatic heterocycles. The van der Waals surface area contributed by atoms with Crippen molar-refractivity contribution in [1.29, 1.82) is 0 Å². The van der Waals surface area contributed by atoms with E-state index >= 15 is 0 Å². The van der Waals surface area contributed by atoms with E-state index in [1.807, 2.05) is 0 Å². The van der Waals surface area contributed by atoms with E-state index in [1.54, 1.807) is 0 Å². The number of hydrogen-bond acceptors (Lipinski definition) is 4. The summed E-state index contributed by atoms with van der Waals surface area (Å²) in [5.41, 5.74) is -0.0556. The highest BCUT2D eigenvalue weighted by Gasteiger charge is 2.12. The lowest BCUT2D eigenvalue weighted by Gasteiger charge is -1.96. The quantitative estimate of drug-likeness (QED) is 0.392. The zero-order valence-corrected chi connectivity index (χ0v) is 8.84. The lowest BCUT2D eigenvalue weighted by molar-refractivity contribution is -0.385. The second-order valence-electron chi connectivity index (χ2n) is 2.49. The molecule has 0 saturated heterocycles. The Hall–Kier alpha value is -1.76. The number of pyridine rings is 1. The molecule has 0 aliphatic heterocycles. The van der Waals surface area contributed by atoms with Gasteiger partial charge in [-0.25, -0.2) is 9.78 Å². The van der Waals surface area contributed by atoms with Crippen LogP contribution in [-0.2, 0) is 4.79 Å². The van der Waals surface area contributed by atoms with Crippen LogP contribution in [0.4, 0.5) is 5.69 Å². The van der Waals surface area contributed by atoms with Crippen LogP contribution in [0.15, 0.2) is 22.9 Å². The lowest BCUT2D eigenvalue weighted by atomic mass is 10.2. The highest BCUT2D eigenvalue weighted by Crippen LogP contribution is 2.22. The van der Waals surface area contributed by atoms with Crippen molar-refractivity contribution in [3.63, 3.8) is 0 Å². The maximum atomic E-state index is 10.6. The molecule has 0 bridgehead atoms. The summed E-state index contributed by atoms with van der Waals surface area (Å²) < 4.78 is 0.321. The van der Waals surface area contributed by atoms with Gasteiger partial charge in [0.25, 0.3) is 5.69 Å². The minimum atomic E-state index is -1.17. The summed E-state index contributed by atoms with van der Waals surface area (Å²) in [4.78, 5) is 24.0. The molecule has 0 unspecified atom stereocenters. The normalized spacial score (nSPS) is 10.5. The van der Waals surface area contributed by atoms with Crippen LogP contribution in [0.5, 0.6) is 0 Å². The van der Waals surface area contributed by atoms with Gasteiger partial charge in [-0.3, -0.25) is 10.1 Å². The van der Waals surface area contributed by atoms with E-state index in [0.29, 0.717) is 4.60 Å². The van der Waals surface area contributed by atoms with E-state index in [0.717, 1.165) is 12.2 Å². The number of aliphatic carboxylic acids is 1. The first-order chi connectivity index (χ1) is 7.00. The van der Waals surface area contributed by atoms with Gasteiger partial charge in [0.1, 0.15) is 4.60 Å². The fraction of sp³-hybridized carbons (Fsp3) is 0. The van der Waals surface area contributed by atoms with Gasteiger partial charge in [0.2, 0.25) is 0 Å². The van der Waals surface area contributed by atoms with E-state index in [1.165, 1.54) is 12.3 Å². The van der Waals surface area contributed by atoms with Crippen LogP contribution in [0.2, 0.25) is 0 Å². The Bertz CT molecular complexity index is 444. The highest BCUT2D eigenvalue weighted by molar-refractivity contribution is 9.10. The molecule has 0 fully saturated rings.